The Labute approximate surface area is 194 Å². The van der Waals surface area contributed by atoms with Crippen LogP contribution in [0.3, 0.4) is 0 Å². The third-order valence-corrected chi connectivity index (χ3v) is 6.32. The maximum Gasteiger partial charge on any atom is 0.322 e. The molecule has 1 unspecified atom stereocenters. The number of H-pyrrole nitrogens is 1. The summed E-state index contributed by atoms with van der Waals surface area (Å²) < 4.78 is 30.4. The van der Waals surface area contributed by atoms with Gasteiger partial charge in [0.05, 0.1) is 29.9 Å². The monoisotopic (exact) mass is 423 g/mol. The van der Waals surface area contributed by atoms with Crippen molar-refractivity contribution in [3.63, 3.8) is 0 Å². The Balaban J connectivity index is 0.00000205. The van der Waals surface area contributed by atoms with Crippen molar-refractivity contribution in [1.29, 1.82) is 0 Å². The van der Waals surface area contributed by atoms with Crippen molar-refractivity contribution in [2.45, 2.75) is 42.1 Å². The Kier molecular flexibility index (Phi) is 6.50. The van der Waals surface area contributed by atoms with E-state index in [-0.39, 0.29) is 47.2 Å². The third-order valence-electron chi connectivity index (χ3n) is 5.13. The summed E-state index contributed by atoms with van der Waals surface area (Å²) in [4.78, 5) is 11.8. The standard InChI is InChI=1S/C20H21N3O4S.Na.H/c24-28(19-22-17-4-1-2-5-18(17)23-19)13-14-10-15(6-9-21-14)27-16-11-25-20(26-12-16)7-3-8-20;;/h1-2,4-6,9-10,16H,3,7-8,11-13H2,(H,22,23);;. The summed E-state index contributed by atoms with van der Waals surface area (Å²) in [6.07, 6.45) is 4.60. The van der Waals surface area contributed by atoms with E-state index >= 15 is 0 Å². The average Bonchev–Trinajstić information content (AvgIpc) is 3.12. The number of rotatable bonds is 5. The third kappa shape index (κ3) is 4.64. The van der Waals surface area contributed by atoms with Crippen LogP contribution in [0.2, 0.25) is 0 Å². The van der Waals surface area contributed by atoms with Gasteiger partial charge in [-0.15, -0.1) is 0 Å². The fourth-order valence-corrected chi connectivity index (χ4v) is 4.43. The molecule has 1 aliphatic heterocycles. The fourth-order valence-electron chi connectivity index (χ4n) is 3.44. The molecule has 0 radical (unpaired) electrons. The van der Waals surface area contributed by atoms with Crippen molar-refractivity contribution in [1.82, 2.24) is 15.0 Å². The van der Waals surface area contributed by atoms with Crippen molar-refractivity contribution in [2.75, 3.05) is 13.2 Å². The van der Waals surface area contributed by atoms with E-state index in [2.05, 4.69) is 15.0 Å². The molecule has 2 aliphatic rings. The summed E-state index contributed by atoms with van der Waals surface area (Å²) in [7, 11) is 0. The maximum atomic E-state index is 12.7. The summed E-state index contributed by atoms with van der Waals surface area (Å²) in [5.74, 6) is 0.582. The zero-order valence-electron chi connectivity index (χ0n) is 15.3. The number of aromatic nitrogens is 3. The number of pyridine rings is 1. The average molecular weight is 423 g/mol. The normalized spacial score (nSPS) is 19.5. The Morgan fingerprint density at radius 1 is 1.21 bits per heavy atom. The first-order valence-electron chi connectivity index (χ1n) is 9.42. The van der Waals surface area contributed by atoms with E-state index < -0.39 is 11.2 Å². The smallest absolute Gasteiger partial charge is 0.322 e. The Morgan fingerprint density at radius 3 is 2.72 bits per heavy atom. The van der Waals surface area contributed by atoms with Crippen LogP contribution in [0.15, 0.2) is 47.8 Å². The molecular weight excluding hydrogens is 401 g/mol. The molecule has 1 atom stereocenters. The number of ether oxygens (including phenoxy) is 3. The van der Waals surface area contributed by atoms with Crippen LogP contribution in [-0.4, -0.2) is 74.2 Å². The molecule has 29 heavy (non-hydrogen) atoms. The zero-order valence-corrected chi connectivity index (χ0v) is 16.1. The van der Waals surface area contributed by atoms with Gasteiger partial charge in [0, 0.05) is 36.3 Å². The summed E-state index contributed by atoms with van der Waals surface area (Å²) >= 11 is -1.32. The molecule has 1 saturated heterocycles. The van der Waals surface area contributed by atoms with Gasteiger partial charge < -0.3 is 18.8 Å². The first-order valence-corrected chi connectivity index (χ1v) is 10.7. The van der Waals surface area contributed by atoms with Crippen molar-refractivity contribution in [2.24, 2.45) is 0 Å². The number of hydrogen-bond donors (Lipinski definition) is 1. The minimum absolute atomic E-state index is 0. The first-order chi connectivity index (χ1) is 13.7. The van der Waals surface area contributed by atoms with Crippen LogP contribution in [0.25, 0.3) is 11.0 Å². The molecule has 1 saturated carbocycles. The van der Waals surface area contributed by atoms with Crippen molar-refractivity contribution < 1.29 is 18.8 Å². The van der Waals surface area contributed by atoms with Crippen molar-refractivity contribution in [3.8, 4) is 5.75 Å². The van der Waals surface area contributed by atoms with Crippen molar-refractivity contribution in [3.05, 3.63) is 48.3 Å². The number of aromatic amines is 1. The Morgan fingerprint density at radius 2 is 2.00 bits per heavy atom. The molecule has 2 fully saturated rings. The van der Waals surface area contributed by atoms with E-state index in [1.54, 1.807) is 12.3 Å². The SMILES string of the molecule is [NaH].[O-][S+](Cc1cc(OC2COC3(CCC3)OC2)ccn1)c1nc2ccccc2[nH]1. The number of nitrogens with one attached hydrogen (secondary N) is 1. The predicted molar refractivity (Wildman–Crippen MR) is 110 cm³/mol. The summed E-state index contributed by atoms with van der Waals surface area (Å²) in [6, 6.07) is 11.2. The number of nitrogens with zero attached hydrogens (tertiary/aromatic N) is 2. The molecule has 1 N–H and O–H groups in total. The van der Waals surface area contributed by atoms with Gasteiger partial charge >= 0.3 is 34.7 Å². The molecule has 3 aromatic rings. The van der Waals surface area contributed by atoms with Crippen LogP contribution in [-0.2, 0) is 26.4 Å². The van der Waals surface area contributed by atoms with Gasteiger partial charge in [-0.2, -0.15) is 4.98 Å². The second kappa shape index (κ2) is 8.93. The second-order valence-corrected chi connectivity index (χ2v) is 8.52. The summed E-state index contributed by atoms with van der Waals surface area (Å²) in [5.41, 5.74) is 2.36. The number of imidazole rings is 1. The topological polar surface area (TPSA) is 92.3 Å². The van der Waals surface area contributed by atoms with Gasteiger partial charge in [-0.3, -0.25) is 9.97 Å². The van der Waals surface area contributed by atoms with Crippen LogP contribution >= 0.6 is 0 Å². The van der Waals surface area contributed by atoms with Gasteiger partial charge in [0.25, 0.3) is 0 Å². The molecule has 1 spiro atoms. The Bertz CT molecular complexity index is 938. The van der Waals surface area contributed by atoms with Gasteiger partial charge in [0.1, 0.15) is 11.9 Å². The Hall–Kier alpha value is -1.13. The zero-order chi connectivity index (χ0) is 19.0. The minimum Gasteiger partial charge on any atom is -0.609 e. The molecule has 7 nitrogen and oxygen atoms in total. The predicted octanol–water partition coefficient (Wildman–Crippen LogP) is 2.29. The molecule has 3 heterocycles. The molecule has 0 bridgehead atoms. The number of hydrogen-bond acceptors (Lipinski definition) is 6. The molecule has 5 rings (SSSR count). The van der Waals surface area contributed by atoms with Gasteiger partial charge in [0.2, 0.25) is 0 Å². The van der Waals surface area contributed by atoms with Crippen LogP contribution in [0, 0.1) is 0 Å². The largest absolute Gasteiger partial charge is 0.609 e. The molecular formula is C20H22N3NaO4S. The van der Waals surface area contributed by atoms with E-state index in [1.165, 1.54) is 0 Å². The minimum atomic E-state index is -1.32. The van der Waals surface area contributed by atoms with E-state index in [4.69, 9.17) is 14.2 Å². The van der Waals surface area contributed by atoms with Crippen LogP contribution < -0.4 is 4.74 Å². The van der Waals surface area contributed by atoms with Crippen LogP contribution in [0.1, 0.15) is 25.0 Å². The molecule has 148 valence electrons. The van der Waals surface area contributed by atoms with Crippen LogP contribution in [0.5, 0.6) is 5.75 Å². The molecule has 9 heteroatoms. The molecule has 2 aromatic heterocycles. The van der Waals surface area contributed by atoms with Gasteiger partial charge in [-0.25, -0.2) is 0 Å². The van der Waals surface area contributed by atoms with Gasteiger partial charge in [-0.05, 0) is 24.6 Å². The quantitative estimate of drug-likeness (QED) is 0.500. The number of benzene rings is 1. The second-order valence-electron chi connectivity index (χ2n) is 7.16. The van der Waals surface area contributed by atoms with Crippen molar-refractivity contribution >= 4 is 51.8 Å². The number of para-hydroxylation sites is 2. The molecule has 1 aliphatic carbocycles. The van der Waals surface area contributed by atoms with Gasteiger partial charge in [-0.1, -0.05) is 12.1 Å². The molecule has 1 aromatic carbocycles. The van der Waals surface area contributed by atoms with Crippen LogP contribution in [0.4, 0.5) is 0 Å². The summed E-state index contributed by atoms with van der Waals surface area (Å²) in [6.45, 7) is 1.03. The van der Waals surface area contributed by atoms with E-state index in [1.807, 2.05) is 30.3 Å². The maximum absolute atomic E-state index is 12.7. The van der Waals surface area contributed by atoms with E-state index in [9.17, 15) is 4.55 Å². The van der Waals surface area contributed by atoms with E-state index in [0.29, 0.717) is 29.8 Å². The van der Waals surface area contributed by atoms with E-state index in [0.717, 1.165) is 30.3 Å². The first kappa shape index (κ1) is 21.1. The fraction of sp³-hybridized carbons (Fsp3) is 0.400. The van der Waals surface area contributed by atoms with Gasteiger partial charge in [0.15, 0.2) is 11.5 Å². The molecule has 0 amide bonds. The summed E-state index contributed by atoms with van der Waals surface area (Å²) in [5, 5.41) is 0.453. The number of fused-ring (bicyclic) bond motifs is 1.